The van der Waals surface area contributed by atoms with Crippen molar-refractivity contribution in [3.05, 3.63) is 24.0 Å². The van der Waals surface area contributed by atoms with Crippen molar-refractivity contribution >= 4 is 22.9 Å². The Morgan fingerprint density at radius 1 is 1.53 bits per heavy atom. The van der Waals surface area contributed by atoms with Crippen molar-refractivity contribution in [1.82, 2.24) is 4.98 Å². The summed E-state index contributed by atoms with van der Waals surface area (Å²) in [4.78, 5) is 7.00. The molecule has 3 nitrogen and oxygen atoms in total. The van der Waals surface area contributed by atoms with Crippen LogP contribution in [0, 0.1) is 5.92 Å². The lowest BCUT2D eigenvalue weighted by molar-refractivity contribution is 0.395. The van der Waals surface area contributed by atoms with Crippen LogP contribution < -0.4 is 10.6 Å². The third kappa shape index (κ3) is 2.75. The van der Waals surface area contributed by atoms with E-state index < -0.39 is 0 Å². The summed E-state index contributed by atoms with van der Waals surface area (Å²) in [5, 5.41) is 0. The van der Waals surface area contributed by atoms with Crippen LogP contribution in [0.4, 0.5) is 5.69 Å². The number of hydrogen-bond acceptors (Lipinski definition) is 3. The van der Waals surface area contributed by atoms with E-state index in [0.29, 0.717) is 4.99 Å². The zero-order valence-electron chi connectivity index (χ0n) is 10.2. The van der Waals surface area contributed by atoms with E-state index in [1.165, 1.54) is 19.3 Å². The van der Waals surface area contributed by atoms with Crippen LogP contribution in [0.3, 0.4) is 0 Å². The second-order valence-electron chi connectivity index (χ2n) is 4.60. The van der Waals surface area contributed by atoms with Gasteiger partial charge in [-0.3, -0.25) is 4.98 Å². The number of rotatable bonds is 3. The molecule has 0 radical (unpaired) electrons. The first kappa shape index (κ1) is 12.3. The van der Waals surface area contributed by atoms with E-state index in [4.69, 9.17) is 18.0 Å². The molecule has 92 valence electrons. The highest BCUT2D eigenvalue weighted by Crippen LogP contribution is 2.26. The summed E-state index contributed by atoms with van der Waals surface area (Å²) in [7, 11) is 0. The van der Waals surface area contributed by atoms with Crippen molar-refractivity contribution in [3.63, 3.8) is 0 Å². The topological polar surface area (TPSA) is 42.2 Å². The van der Waals surface area contributed by atoms with Gasteiger partial charge in [0.2, 0.25) is 0 Å². The molecule has 2 rings (SSSR count). The molecule has 1 saturated heterocycles. The number of piperidine rings is 1. The van der Waals surface area contributed by atoms with Gasteiger partial charge in [0.15, 0.2) is 0 Å². The van der Waals surface area contributed by atoms with Gasteiger partial charge in [-0.2, -0.15) is 0 Å². The first-order valence-electron chi connectivity index (χ1n) is 6.21. The van der Waals surface area contributed by atoms with Crippen LogP contribution in [0.15, 0.2) is 18.5 Å². The Hall–Kier alpha value is -1.16. The van der Waals surface area contributed by atoms with E-state index in [0.717, 1.165) is 30.3 Å². The predicted octanol–water partition coefficient (Wildman–Crippen LogP) is 2.34. The van der Waals surface area contributed by atoms with Crippen LogP contribution in [-0.4, -0.2) is 23.1 Å². The van der Waals surface area contributed by atoms with Crippen LogP contribution in [0.2, 0.25) is 0 Å². The Bertz CT molecular complexity index is 397. The summed E-state index contributed by atoms with van der Waals surface area (Å²) in [6.07, 6.45) is 7.41. The summed E-state index contributed by atoms with van der Waals surface area (Å²) in [6.45, 7) is 4.43. The Balaban J connectivity index is 2.15. The second kappa shape index (κ2) is 5.45. The van der Waals surface area contributed by atoms with Crippen LogP contribution in [-0.2, 0) is 0 Å². The van der Waals surface area contributed by atoms with E-state index in [1.54, 1.807) is 6.20 Å². The zero-order chi connectivity index (χ0) is 12.3. The molecule has 17 heavy (non-hydrogen) atoms. The van der Waals surface area contributed by atoms with Gasteiger partial charge in [-0.05, 0) is 24.8 Å². The highest BCUT2D eigenvalue weighted by molar-refractivity contribution is 7.80. The zero-order valence-corrected chi connectivity index (χ0v) is 11.0. The third-order valence-corrected chi connectivity index (χ3v) is 3.82. The number of anilines is 1. The SMILES string of the molecule is CCC1CCN(c2cnccc2C(N)=S)CC1. The van der Waals surface area contributed by atoms with Crippen LogP contribution in [0.25, 0.3) is 0 Å². The number of aromatic nitrogens is 1. The van der Waals surface area contributed by atoms with Gasteiger partial charge in [0.05, 0.1) is 11.9 Å². The van der Waals surface area contributed by atoms with Gasteiger partial charge in [-0.1, -0.05) is 25.6 Å². The minimum atomic E-state index is 0.458. The number of hydrogen-bond donors (Lipinski definition) is 1. The molecule has 0 spiro atoms. The molecule has 2 N–H and O–H groups in total. The second-order valence-corrected chi connectivity index (χ2v) is 5.04. The Morgan fingerprint density at radius 3 is 2.82 bits per heavy atom. The normalized spacial score (nSPS) is 17.1. The van der Waals surface area contributed by atoms with Crippen molar-refractivity contribution in [3.8, 4) is 0 Å². The van der Waals surface area contributed by atoms with Gasteiger partial charge >= 0.3 is 0 Å². The molecule has 1 aromatic heterocycles. The highest BCUT2D eigenvalue weighted by atomic mass is 32.1. The molecule has 0 unspecified atom stereocenters. The average Bonchev–Trinajstić information content (AvgIpc) is 2.39. The van der Waals surface area contributed by atoms with Gasteiger partial charge in [-0.15, -0.1) is 0 Å². The van der Waals surface area contributed by atoms with Crippen LogP contribution in [0.1, 0.15) is 31.7 Å². The maximum atomic E-state index is 5.75. The van der Waals surface area contributed by atoms with Crippen molar-refractivity contribution in [2.24, 2.45) is 11.7 Å². The van der Waals surface area contributed by atoms with Crippen LogP contribution >= 0.6 is 12.2 Å². The standard InChI is InChI=1S/C13H19N3S/c1-2-10-4-7-16(8-5-10)12-9-15-6-3-11(12)13(14)17/h3,6,9-10H,2,4-5,7-8H2,1H3,(H2,14,17). The summed E-state index contributed by atoms with van der Waals surface area (Å²) >= 11 is 5.09. The fraction of sp³-hybridized carbons (Fsp3) is 0.538. The molecule has 4 heteroatoms. The summed E-state index contributed by atoms with van der Waals surface area (Å²) in [5.74, 6) is 0.871. The van der Waals surface area contributed by atoms with Crippen molar-refractivity contribution in [2.45, 2.75) is 26.2 Å². The van der Waals surface area contributed by atoms with E-state index in [2.05, 4.69) is 16.8 Å². The number of nitrogens with zero attached hydrogens (tertiary/aromatic N) is 2. The quantitative estimate of drug-likeness (QED) is 0.835. The predicted molar refractivity (Wildman–Crippen MR) is 75.4 cm³/mol. The fourth-order valence-electron chi connectivity index (χ4n) is 2.43. The summed E-state index contributed by atoms with van der Waals surface area (Å²) in [6, 6.07) is 1.91. The van der Waals surface area contributed by atoms with E-state index >= 15 is 0 Å². The van der Waals surface area contributed by atoms with Crippen molar-refractivity contribution in [2.75, 3.05) is 18.0 Å². The molecule has 1 aliphatic rings. The van der Waals surface area contributed by atoms with E-state index in [-0.39, 0.29) is 0 Å². The summed E-state index contributed by atoms with van der Waals surface area (Å²) < 4.78 is 0. The Kier molecular flexibility index (Phi) is 3.94. The molecule has 1 fully saturated rings. The Morgan fingerprint density at radius 2 is 2.24 bits per heavy atom. The Labute approximate surface area is 108 Å². The van der Waals surface area contributed by atoms with Gasteiger partial charge < -0.3 is 10.6 Å². The maximum Gasteiger partial charge on any atom is 0.106 e. The molecule has 0 aromatic carbocycles. The average molecular weight is 249 g/mol. The van der Waals surface area contributed by atoms with E-state index in [1.807, 2.05) is 12.3 Å². The number of nitrogens with two attached hydrogens (primary N) is 1. The lowest BCUT2D eigenvalue weighted by Gasteiger charge is -2.34. The van der Waals surface area contributed by atoms with E-state index in [9.17, 15) is 0 Å². The van der Waals surface area contributed by atoms with Crippen molar-refractivity contribution in [1.29, 1.82) is 0 Å². The van der Waals surface area contributed by atoms with Crippen molar-refractivity contribution < 1.29 is 0 Å². The molecular formula is C13H19N3S. The fourth-order valence-corrected chi connectivity index (χ4v) is 2.60. The number of thiocarbonyl (C=S) groups is 1. The minimum Gasteiger partial charge on any atom is -0.389 e. The maximum absolute atomic E-state index is 5.75. The largest absolute Gasteiger partial charge is 0.389 e. The molecule has 0 bridgehead atoms. The molecule has 2 heterocycles. The molecule has 0 amide bonds. The molecule has 1 aromatic rings. The highest BCUT2D eigenvalue weighted by Gasteiger charge is 2.20. The van der Waals surface area contributed by atoms with Gasteiger partial charge in [0.25, 0.3) is 0 Å². The molecular weight excluding hydrogens is 230 g/mol. The molecule has 0 atom stereocenters. The third-order valence-electron chi connectivity index (χ3n) is 3.60. The lowest BCUT2D eigenvalue weighted by Crippen LogP contribution is -2.35. The minimum absolute atomic E-state index is 0.458. The van der Waals surface area contributed by atoms with Gasteiger partial charge in [0.1, 0.15) is 4.99 Å². The molecule has 0 saturated carbocycles. The molecule has 0 aliphatic carbocycles. The lowest BCUT2D eigenvalue weighted by atomic mass is 9.94. The van der Waals surface area contributed by atoms with Gasteiger partial charge in [0, 0.05) is 24.8 Å². The first-order valence-corrected chi connectivity index (χ1v) is 6.62. The van der Waals surface area contributed by atoms with Crippen LogP contribution in [0.5, 0.6) is 0 Å². The smallest absolute Gasteiger partial charge is 0.106 e. The monoisotopic (exact) mass is 249 g/mol. The first-order chi connectivity index (χ1) is 8.22. The van der Waals surface area contributed by atoms with Gasteiger partial charge in [-0.25, -0.2) is 0 Å². The molecule has 1 aliphatic heterocycles. The summed E-state index contributed by atoms with van der Waals surface area (Å²) in [5.41, 5.74) is 7.79. The number of pyridine rings is 1.